The van der Waals surface area contributed by atoms with Gasteiger partial charge in [-0.05, 0) is 55.2 Å². The molecule has 0 bridgehead atoms. The van der Waals surface area contributed by atoms with E-state index < -0.39 is 0 Å². The van der Waals surface area contributed by atoms with Gasteiger partial charge in [-0.1, -0.05) is 34.1 Å². The van der Waals surface area contributed by atoms with Gasteiger partial charge in [0.15, 0.2) is 0 Å². The van der Waals surface area contributed by atoms with E-state index in [9.17, 15) is 0 Å². The van der Waals surface area contributed by atoms with Crippen LogP contribution in [0.15, 0.2) is 53.0 Å². The molecule has 0 radical (unpaired) electrons. The zero-order valence-corrected chi connectivity index (χ0v) is 16.4. The van der Waals surface area contributed by atoms with Crippen molar-refractivity contribution in [2.45, 2.75) is 25.7 Å². The maximum absolute atomic E-state index is 5.27. The fourth-order valence-electron chi connectivity index (χ4n) is 3.45. The van der Waals surface area contributed by atoms with Crippen LogP contribution in [0.3, 0.4) is 0 Å². The monoisotopic (exact) mass is 411 g/mol. The first-order valence-electron chi connectivity index (χ1n) is 8.98. The van der Waals surface area contributed by atoms with Gasteiger partial charge in [0.1, 0.15) is 11.6 Å². The van der Waals surface area contributed by atoms with E-state index in [2.05, 4.69) is 50.2 Å². The van der Waals surface area contributed by atoms with Crippen molar-refractivity contribution < 1.29 is 4.74 Å². The summed E-state index contributed by atoms with van der Waals surface area (Å²) in [6.07, 6.45) is 4.28. The third-order valence-corrected chi connectivity index (χ3v) is 5.29. The molecule has 5 heteroatoms. The van der Waals surface area contributed by atoms with E-state index in [-0.39, 0.29) is 0 Å². The Morgan fingerprint density at radius 3 is 2.77 bits per heavy atom. The maximum atomic E-state index is 5.27. The molecule has 0 aliphatic carbocycles. The van der Waals surface area contributed by atoms with Crippen LogP contribution < -0.4 is 10.1 Å². The van der Waals surface area contributed by atoms with Gasteiger partial charge in [-0.2, -0.15) is 5.10 Å². The van der Waals surface area contributed by atoms with Crippen molar-refractivity contribution >= 4 is 21.7 Å². The van der Waals surface area contributed by atoms with Crippen LogP contribution in [0.2, 0.25) is 0 Å². The minimum Gasteiger partial charge on any atom is -0.497 e. The number of aromatic nitrogens is 2. The van der Waals surface area contributed by atoms with Gasteiger partial charge in [-0.3, -0.25) is 0 Å². The lowest BCUT2D eigenvalue weighted by Crippen LogP contribution is -2.07. The molecule has 0 spiro atoms. The second-order valence-corrected chi connectivity index (χ2v) is 7.49. The van der Waals surface area contributed by atoms with Gasteiger partial charge in [-0.25, -0.2) is 4.68 Å². The first-order chi connectivity index (χ1) is 12.7. The Labute approximate surface area is 162 Å². The standard InChI is InChI=1S/C21H22BrN3O/c1-26-18-10-8-15(9-11-18)13-20-19-7-2-3-12-23-21(19)25(24-20)17-6-4-5-16(22)14-17/h4-6,8-11,14,23H,2-3,7,12-13H2,1H3. The van der Waals surface area contributed by atoms with Crippen LogP contribution in [0.4, 0.5) is 5.82 Å². The van der Waals surface area contributed by atoms with Crippen LogP contribution in [-0.2, 0) is 12.8 Å². The molecule has 0 saturated carbocycles. The van der Waals surface area contributed by atoms with E-state index in [1.54, 1.807) is 7.11 Å². The number of halogens is 1. The lowest BCUT2D eigenvalue weighted by Gasteiger charge is -2.09. The Hall–Kier alpha value is -2.27. The van der Waals surface area contributed by atoms with Crippen LogP contribution in [0, 0.1) is 0 Å². The SMILES string of the molecule is COc1ccc(Cc2nn(-c3cccc(Br)c3)c3c2CCCCN3)cc1. The number of hydrogen-bond donors (Lipinski definition) is 1. The second kappa shape index (κ2) is 7.54. The van der Waals surface area contributed by atoms with Crippen molar-refractivity contribution in [2.24, 2.45) is 0 Å². The molecule has 2 heterocycles. The lowest BCUT2D eigenvalue weighted by molar-refractivity contribution is 0.414. The third kappa shape index (κ3) is 3.49. The zero-order chi connectivity index (χ0) is 17.9. The van der Waals surface area contributed by atoms with Crippen molar-refractivity contribution in [1.29, 1.82) is 0 Å². The molecule has 4 rings (SSSR count). The molecule has 134 valence electrons. The van der Waals surface area contributed by atoms with Gasteiger partial charge in [0.25, 0.3) is 0 Å². The summed E-state index contributed by atoms with van der Waals surface area (Å²) in [6.45, 7) is 0.995. The fraction of sp³-hybridized carbons (Fsp3) is 0.286. The zero-order valence-electron chi connectivity index (χ0n) is 14.8. The summed E-state index contributed by atoms with van der Waals surface area (Å²) in [5.41, 5.74) is 4.82. The van der Waals surface area contributed by atoms with Gasteiger partial charge in [0, 0.05) is 23.0 Å². The summed E-state index contributed by atoms with van der Waals surface area (Å²) in [6, 6.07) is 16.6. The second-order valence-electron chi connectivity index (χ2n) is 6.57. The molecule has 4 nitrogen and oxygen atoms in total. The van der Waals surface area contributed by atoms with Crippen molar-refractivity contribution in [3.8, 4) is 11.4 Å². The van der Waals surface area contributed by atoms with Crippen molar-refractivity contribution in [3.05, 3.63) is 69.8 Å². The van der Waals surface area contributed by atoms with Crippen LogP contribution in [-0.4, -0.2) is 23.4 Å². The van der Waals surface area contributed by atoms with Crippen molar-refractivity contribution in [1.82, 2.24) is 9.78 Å². The summed E-state index contributed by atoms with van der Waals surface area (Å²) in [7, 11) is 1.69. The molecule has 2 aromatic carbocycles. The highest BCUT2D eigenvalue weighted by Crippen LogP contribution is 2.30. The Bertz CT molecular complexity index is 902. The molecular formula is C21H22BrN3O. The summed E-state index contributed by atoms with van der Waals surface area (Å²) in [5.74, 6) is 2.03. The third-order valence-electron chi connectivity index (χ3n) is 4.80. The van der Waals surface area contributed by atoms with E-state index in [1.807, 2.05) is 24.3 Å². The van der Waals surface area contributed by atoms with Gasteiger partial charge in [0.2, 0.25) is 0 Å². The van der Waals surface area contributed by atoms with Gasteiger partial charge < -0.3 is 10.1 Å². The summed E-state index contributed by atoms with van der Waals surface area (Å²) < 4.78 is 8.39. The van der Waals surface area contributed by atoms with Crippen LogP contribution in [0.5, 0.6) is 5.75 Å². The molecule has 1 aromatic heterocycles. The molecular weight excluding hydrogens is 390 g/mol. The van der Waals surface area contributed by atoms with Gasteiger partial charge in [-0.15, -0.1) is 0 Å². The normalized spacial score (nSPS) is 13.6. The number of methoxy groups -OCH3 is 1. The molecule has 0 saturated heterocycles. The van der Waals surface area contributed by atoms with E-state index >= 15 is 0 Å². The largest absolute Gasteiger partial charge is 0.497 e. The number of ether oxygens (including phenoxy) is 1. The summed E-state index contributed by atoms with van der Waals surface area (Å²) >= 11 is 3.57. The lowest BCUT2D eigenvalue weighted by atomic mass is 10.0. The average Bonchev–Trinajstić information content (AvgIpc) is 2.83. The van der Waals surface area contributed by atoms with Crippen LogP contribution >= 0.6 is 15.9 Å². The Kier molecular flexibility index (Phi) is 4.98. The maximum Gasteiger partial charge on any atom is 0.133 e. The first kappa shape index (κ1) is 17.2. The number of nitrogens with zero attached hydrogens (tertiary/aromatic N) is 2. The molecule has 0 unspecified atom stereocenters. The highest BCUT2D eigenvalue weighted by Gasteiger charge is 2.20. The Morgan fingerprint density at radius 2 is 2.00 bits per heavy atom. The van der Waals surface area contributed by atoms with Crippen LogP contribution in [0.1, 0.15) is 29.7 Å². The average molecular weight is 412 g/mol. The molecule has 26 heavy (non-hydrogen) atoms. The molecule has 0 atom stereocenters. The molecule has 0 amide bonds. The van der Waals surface area contributed by atoms with E-state index in [1.165, 1.54) is 24.0 Å². The minimum atomic E-state index is 0.828. The Balaban J connectivity index is 1.74. The number of anilines is 1. The molecule has 1 N–H and O–H groups in total. The minimum absolute atomic E-state index is 0.828. The van der Waals surface area contributed by atoms with E-state index in [0.29, 0.717) is 0 Å². The Morgan fingerprint density at radius 1 is 1.15 bits per heavy atom. The topological polar surface area (TPSA) is 39.1 Å². The highest BCUT2D eigenvalue weighted by molar-refractivity contribution is 9.10. The van der Waals surface area contributed by atoms with Gasteiger partial charge >= 0.3 is 0 Å². The number of benzene rings is 2. The first-order valence-corrected chi connectivity index (χ1v) is 9.77. The number of hydrogen-bond acceptors (Lipinski definition) is 3. The predicted molar refractivity (Wildman–Crippen MR) is 108 cm³/mol. The van der Waals surface area contributed by atoms with Gasteiger partial charge in [0.05, 0.1) is 18.5 Å². The number of nitrogens with one attached hydrogen (secondary N) is 1. The van der Waals surface area contributed by atoms with Crippen molar-refractivity contribution in [2.75, 3.05) is 19.0 Å². The highest BCUT2D eigenvalue weighted by atomic mass is 79.9. The smallest absolute Gasteiger partial charge is 0.133 e. The quantitative estimate of drug-likeness (QED) is 0.657. The van der Waals surface area contributed by atoms with Crippen LogP contribution in [0.25, 0.3) is 5.69 Å². The fourth-order valence-corrected chi connectivity index (χ4v) is 3.83. The van der Waals surface area contributed by atoms with E-state index in [4.69, 9.17) is 9.84 Å². The summed E-state index contributed by atoms with van der Waals surface area (Å²) in [4.78, 5) is 0. The number of fused-ring (bicyclic) bond motifs is 1. The summed E-state index contributed by atoms with van der Waals surface area (Å²) in [5, 5.41) is 8.59. The predicted octanol–water partition coefficient (Wildman–Crippen LogP) is 4.98. The number of rotatable bonds is 4. The molecule has 0 fully saturated rings. The van der Waals surface area contributed by atoms with Crippen molar-refractivity contribution in [3.63, 3.8) is 0 Å². The molecule has 1 aliphatic heterocycles. The molecule has 1 aliphatic rings. The molecule has 3 aromatic rings. The van der Waals surface area contributed by atoms with E-state index in [0.717, 1.165) is 46.8 Å².